The highest BCUT2D eigenvalue weighted by atomic mass is 79.9. The molecule has 1 aromatic heterocycles. The topological polar surface area (TPSA) is 99.1 Å². The number of carbonyl (C=O) groups is 1. The van der Waals surface area contributed by atoms with Crippen molar-refractivity contribution in [2.75, 3.05) is 0 Å². The van der Waals surface area contributed by atoms with Gasteiger partial charge in [-0.3, -0.25) is 5.10 Å². The zero-order valence-electron chi connectivity index (χ0n) is 13.0. The van der Waals surface area contributed by atoms with E-state index in [9.17, 15) is 15.0 Å². The van der Waals surface area contributed by atoms with E-state index in [1.807, 2.05) is 0 Å². The summed E-state index contributed by atoms with van der Waals surface area (Å²) in [4.78, 5) is 15.8. The number of nitrogens with zero attached hydrogens (tertiary/aromatic N) is 2. The summed E-state index contributed by atoms with van der Waals surface area (Å²) >= 11 is 10.0. The first kappa shape index (κ1) is 18.5. The van der Waals surface area contributed by atoms with Crippen molar-refractivity contribution >= 4 is 51.3 Å². The summed E-state index contributed by atoms with van der Waals surface area (Å²) in [7, 11) is 0. The fourth-order valence-corrected chi connectivity index (χ4v) is 3.25. The summed E-state index contributed by atoms with van der Waals surface area (Å²) in [6.45, 7) is 0. The smallest absolute Gasteiger partial charge is 0.342 e. The van der Waals surface area contributed by atoms with Crippen LogP contribution in [0.1, 0.15) is 5.56 Å². The Bertz CT molecular complexity index is 989. The molecule has 0 amide bonds. The first-order valence-electron chi connectivity index (χ1n) is 7.22. The van der Waals surface area contributed by atoms with E-state index >= 15 is 0 Å². The van der Waals surface area contributed by atoms with E-state index in [1.54, 1.807) is 36.4 Å². The highest BCUT2D eigenvalue weighted by Gasteiger charge is 2.15. The van der Waals surface area contributed by atoms with Crippen molar-refractivity contribution in [3.63, 3.8) is 0 Å². The molecule has 0 saturated carbocycles. The largest absolute Gasteiger partial charge is 0.507 e. The molecule has 0 aliphatic rings. The predicted molar refractivity (Wildman–Crippen MR) is 104 cm³/mol. The Balaban J connectivity index is 1.87. The third-order valence-electron chi connectivity index (χ3n) is 3.27. The van der Waals surface area contributed by atoms with Crippen LogP contribution in [0.3, 0.4) is 0 Å². The van der Waals surface area contributed by atoms with Crippen molar-refractivity contribution in [2.45, 2.75) is 5.16 Å². The van der Waals surface area contributed by atoms with Crippen molar-refractivity contribution in [1.82, 2.24) is 15.2 Å². The number of carboxylic acid groups (broad SMARTS) is 1. The molecule has 6 nitrogen and oxygen atoms in total. The quantitative estimate of drug-likeness (QED) is 0.379. The van der Waals surface area contributed by atoms with Gasteiger partial charge in [0, 0.05) is 20.6 Å². The van der Waals surface area contributed by atoms with Crippen molar-refractivity contribution in [1.29, 1.82) is 0 Å². The molecule has 26 heavy (non-hydrogen) atoms. The molecule has 0 saturated heterocycles. The van der Waals surface area contributed by atoms with E-state index in [1.165, 1.54) is 12.1 Å². The van der Waals surface area contributed by atoms with Crippen LogP contribution in [0.15, 0.2) is 57.0 Å². The summed E-state index contributed by atoms with van der Waals surface area (Å²) in [6.07, 6.45) is 1.37. The normalized spacial score (nSPS) is 11.5. The van der Waals surface area contributed by atoms with Crippen LogP contribution < -0.4 is 0 Å². The zero-order chi connectivity index (χ0) is 18.7. The molecular weight excluding hydrogens is 442 g/mol. The van der Waals surface area contributed by atoms with Gasteiger partial charge >= 0.3 is 5.97 Å². The number of aliphatic carboxylic acids is 1. The van der Waals surface area contributed by atoms with Gasteiger partial charge in [0.05, 0.1) is 0 Å². The van der Waals surface area contributed by atoms with Crippen LogP contribution in [0.2, 0.25) is 5.02 Å². The molecule has 0 bridgehead atoms. The molecule has 3 N–H and O–H groups in total. The number of rotatable bonds is 5. The minimum atomic E-state index is -1.15. The highest BCUT2D eigenvalue weighted by molar-refractivity contribution is 9.10. The van der Waals surface area contributed by atoms with Crippen LogP contribution in [0, 0.1) is 0 Å². The molecule has 132 valence electrons. The van der Waals surface area contributed by atoms with E-state index in [0.29, 0.717) is 16.4 Å². The van der Waals surface area contributed by atoms with E-state index in [0.717, 1.165) is 21.8 Å². The number of hydrogen-bond acceptors (Lipinski definition) is 5. The number of hydrogen-bond donors (Lipinski definition) is 3. The van der Waals surface area contributed by atoms with Gasteiger partial charge in [-0.2, -0.15) is 0 Å². The maximum Gasteiger partial charge on any atom is 0.342 e. The van der Waals surface area contributed by atoms with E-state index in [2.05, 4.69) is 31.1 Å². The number of aromatic amines is 1. The standard InChI is InChI=1S/C17H11BrClN3O3S/c18-11-3-6-13(23)10(7-11)8-14(16(24)25)26-17-20-15(21-22-17)9-1-4-12(19)5-2-9/h1-8,23H,(H,24,25)(H,20,21,22)/b14-8-. The van der Waals surface area contributed by atoms with Crippen LogP contribution in [0.4, 0.5) is 0 Å². The molecule has 3 rings (SSSR count). The maximum atomic E-state index is 11.6. The summed E-state index contributed by atoms with van der Waals surface area (Å²) in [5.74, 6) is -0.671. The lowest BCUT2D eigenvalue weighted by Crippen LogP contribution is -1.97. The molecule has 1 heterocycles. The molecule has 0 aliphatic carbocycles. The maximum absolute atomic E-state index is 11.6. The second kappa shape index (κ2) is 7.94. The number of phenols is 1. The van der Waals surface area contributed by atoms with Crippen LogP contribution in [-0.2, 0) is 4.79 Å². The van der Waals surface area contributed by atoms with Crippen LogP contribution in [0.25, 0.3) is 17.5 Å². The van der Waals surface area contributed by atoms with Crippen LogP contribution in [-0.4, -0.2) is 31.4 Å². The van der Waals surface area contributed by atoms with Crippen LogP contribution in [0.5, 0.6) is 5.75 Å². The molecular formula is C17H11BrClN3O3S. The number of carboxylic acids is 1. The van der Waals surface area contributed by atoms with Gasteiger partial charge in [-0.25, -0.2) is 9.78 Å². The average molecular weight is 453 g/mol. The van der Waals surface area contributed by atoms with Crippen molar-refractivity contribution in [2.24, 2.45) is 0 Å². The number of nitrogens with one attached hydrogen (secondary N) is 1. The molecule has 3 aromatic rings. The molecule has 0 atom stereocenters. The van der Waals surface area contributed by atoms with Crippen molar-refractivity contribution in [3.8, 4) is 17.1 Å². The van der Waals surface area contributed by atoms with E-state index in [4.69, 9.17) is 11.6 Å². The second-order valence-corrected chi connectivity index (χ2v) is 7.45. The molecule has 0 spiro atoms. The van der Waals surface area contributed by atoms with Gasteiger partial charge in [0.1, 0.15) is 10.7 Å². The van der Waals surface area contributed by atoms with Crippen molar-refractivity contribution in [3.05, 3.63) is 62.4 Å². The van der Waals surface area contributed by atoms with Gasteiger partial charge in [-0.05, 0) is 60.3 Å². The number of H-pyrrole nitrogens is 1. The average Bonchev–Trinajstić information content (AvgIpc) is 3.06. The molecule has 0 radical (unpaired) electrons. The minimum Gasteiger partial charge on any atom is -0.507 e. The lowest BCUT2D eigenvalue weighted by molar-refractivity contribution is -0.131. The van der Waals surface area contributed by atoms with Gasteiger partial charge in [-0.15, -0.1) is 5.10 Å². The van der Waals surface area contributed by atoms with Gasteiger partial charge in [0.25, 0.3) is 0 Å². The van der Waals surface area contributed by atoms with Gasteiger partial charge in [0.2, 0.25) is 5.16 Å². The van der Waals surface area contributed by atoms with Gasteiger partial charge in [0.15, 0.2) is 5.82 Å². The SMILES string of the molecule is O=C(O)/C(=C/c1cc(Br)ccc1O)Sc1n[nH]c(-c2ccc(Cl)cc2)n1. The molecule has 0 fully saturated rings. The lowest BCUT2D eigenvalue weighted by atomic mass is 10.2. The van der Waals surface area contributed by atoms with Crippen LogP contribution >= 0.6 is 39.3 Å². The first-order chi connectivity index (χ1) is 12.4. The fourth-order valence-electron chi connectivity index (χ4n) is 2.04. The molecule has 2 aromatic carbocycles. The Morgan fingerprint density at radius 2 is 1.96 bits per heavy atom. The highest BCUT2D eigenvalue weighted by Crippen LogP contribution is 2.31. The number of thioether (sulfide) groups is 1. The number of phenolic OH excluding ortho intramolecular Hbond substituents is 1. The Hall–Kier alpha value is -2.29. The third kappa shape index (κ3) is 4.46. The number of halogens is 2. The Labute approximate surface area is 166 Å². The van der Waals surface area contributed by atoms with E-state index in [-0.39, 0.29) is 15.8 Å². The number of benzene rings is 2. The Kier molecular flexibility index (Phi) is 5.65. The number of aromatic nitrogens is 3. The van der Waals surface area contributed by atoms with Crippen molar-refractivity contribution < 1.29 is 15.0 Å². The fraction of sp³-hybridized carbons (Fsp3) is 0. The number of aromatic hydroxyl groups is 1. The Morgan fingerprint density at radius 1 is 1.23 bits per heavy atom. The van der Waals surface area contributed by atoms with E-state index < -0.39 is 5.97 Å². The lowest BCUT2D eigenvalue weighted by Gasteiger charge is -2.02. The summed E-state index contributed by atoms with van der Waals surface area (Å²) in [5, 5.41) is 27.0. The zero-order valence-corrected chi connectivity index (χ0v) is 16.1. The molecule has 9 heteroatoms. The third-order valence-corrected chi connectivity index (χ3v) is 4.89. The minimum absolute atomic E-state index is 0.0237. The summed E-state index contributed by atoms with van der Waals surface area (Å²) in [6, 6.07) is 11.8. The molecule has 0 aliphatic heterocycles. The monoisotopic (exact) mass is 451 g/mol. The predicted octanol–water partition coefficient (Wildman–Crippen LogP) is 4.81. The van der Waals surface area contributed by atoms with Gasteiger partial charge < -0.3 is 10.2 Å². The molecule has 0 unspecified atom stereocenters. The summed E-state index contributed by atoms with van der Waals surface area (Å²) < 4.78 is 0.721. The Morgan fingerprint density at radius 3 is 2.65 bits per heavy atom. The first-order valence-corrected chi connectivity index (χ1v) is 9.21. The summed E-state index contributed by atoms with van der Waals surface area (Å²) in [5.41, 5.74) is 1.15. The van der Waals surface area contributed by atoms with Gasteiger partial charge in [-0.1, -0.05) is 27.5 Å². The second-order valence-electron chi connectivity index (χ2n) is 5.09.